The molecule has 4 heteroatoms. The Kier molecular flexibility index (Phi) is 5.80. The normalized spacial score (nSPS) is 19.7. The molecule has 4 nitrogen and oxygen atoms in total. The second-order valence-corrected chi connectivity index (χ2v) is 5.44. The molecule has 0 radical (unpaired) electrons. The van der Waals surface area contributed by atoms with Crippen molar-refractivity contribution in [3.05, 3.63) is 23.9 Å². The molecule has 2 heterocycles. The van der Waals surface area contributed by atoms with E-state index in [4.69, 9.17) is 0 Å². The van der Waals surface area contributed by atoms with Gasteiger partial charge in [-0.15, -0.1) is 0 Å². The Morgan fingerprint density at radius 1 is 1.30 bits per heavy atom. The standard InChI is InChI=1S/C16H28N4/c1-4-17-16-9-7-8-14(18-16)12-19-11-10-15(13-19)20(5-2)6-3/h7-9,15H,4-6,10-13H2,1-3H3,(H,17,18). The maximum atomic E-state index is 4.67. The molecule has 20 heavy (non-hydrogen) atoms. The fraction of sp³-hybridized carbons (Fsp3) is 0.688. The highest BCUT2D eigenvalue weighted by molar-refractivity contribution is 5.34. The van der Waals surface area contributed by atoms with Crippen molar-refractivity contribution in [2.45, 2.75) is 39.8 Å². The number of nitrogens with one attached hydrogen (secondary N) is 1. The first-order valence-corrected chi connectivity index (χ1v) is 7.93. The van der Waals surface area contributed by atoms with E-state index in [0.29, 0.717) is 0 Å². The first-order chi connectivity index (χ1) is 9.76. The van der Waals surface area contributed by atoms with Crippen LogP contribution in [0.3, 0.4) is 0 Å². The Bertz CT molecular complexity index is 403. The lowest BCUT2D eigenvalue weighted by molar-refractivity contribution is 0.208. The van der Waals surface area contributed by atoms with Gasteiger partial charge in [0.2, 0.25) is 0 Å². The summed E-state index contributed by atoms with van der Waals surface area (Å²) in [6, 6.07) is 6.99. The lowest BCUT2D eigenvalue weighted by Gasteiger charge is -2.26. The minimum Gasteiger partial charge on any atom is -0.370 e. The first kappa shape index (κ1) is 15.3. The minimum atomic E-state index is 0.724. The summed E-state index contributed by atoms with van der Waals surface area (Å²) in [5.41, 5.74) is 1.17. The molecule has 1 fully saturated rings. The maximum Gasteiger partial charge on any atom is 0.126 e. The third-order valence-corrected chi connectivity index (χ3v) is 4.13. The van der Waals surface area contributed by atoms with Crippen LogP contribution in [0.1, 0.15) is 32.9 Å². The van der Waals surface area contributed by atoms with Crippen molar-refractivity contribution >= 4 is 5.82 Å². The van der Waals surface area contributed by atoms with Crippen molar-refractivity contribution in [1.29, 1.82) is 0 Å². The highest BCUT2D eigenvalue weighted by Crippen LogP contribution is 2.17. The van der Waals surface area contributed by atoms with E-state index in [1.54, 1.807) is 0 Å². The average Bonchev–Trinajstić information content (AvgIpc) is 2.89. The van der Waals surface area contributed by atoms with Crippen LogP contribution in [0.25, 0.3) is 0 Å². The van der Waals surface area contributed by atoms with Gasteiger partial charge in [-0.25, -0.2) is 4.98 Å². The Hall–Kier alpha value is -1.13. The molecule has 0 aliphatic carbocycles. The summed E-state index contributed by atoms with van der Waals surface area (Å²) in [6.07, 6.45) is 1.29. The summed E-state index contributed by atoms with van der Waals surface area (Å²) in [6.45, 7) is 13.2. The van der Waals surface area contributed by atoms with E-state index in [0.717, 1.165) is 38.0 Å². The van der Waals surface area contributed by atoms with E-state index in [1.165, 1.54) is 25.2 Å². The Balaban J connectivity index is 1.90. The largest absolute Gasteiger partial charge is 0.370 e. The van der Waals surface area contributed by atoms with Gasteiger partial charge >= 0.3 is 0 Å². The van der Waals surface area contributed by atoms with Gasteiger partial charge in [0.1, 0.15) is 5.82 Å². The Labute approximate surface area is 123 Å². The summed E-state index contributed by atoms with van der Waals surface area (Å²) in [5.74, 6) is 0.990. The van der Waals surface area contributed by atoms with Gasteiger partial charge in [-0.1, -0.05) is 19.9 Å². The van der Waals surface area contributed by atoms with Gasteiger partial charge in [0, 0.05) is 32.2 Å². The first-order valence-electron chi connectivity index (χ1n) is 7.93. The highest BCUT2D eigenvalue weighted by Gasteiger charge is 2.26. The molecule has 0 amide bonds. The zero-order valence-corrected chi connectivity index (χ0v) is 13.1. The van der Waals surface area contributed by atoms with Crippen molar-refractivity contribution in [3.8, 4) is 0 Å². The molecule has 1 N–H and O–H groups in total. The van der Waals surface area contributed by atoms with Crippen LogP contribution >= 0.6 is 0 Å². The molecule has 0 spiro atoms. The Morgan fingerprint density at radius 2 is 2.10 bits per heavy atom. The van der Waals surface area contributed by atoms with Crippen LogP contribution in [0.4, 0.5) is 5.82 Å². The molecular formula is C16H28N4. The van der Waals surface area contributed by atoms with Crippen molar-refractivity contribution in [2.75, 3.05) is 38.0 Å². The number of aromatic nitrogens is 1. The van der Waals surface area contributed by atoms with Gasteiger partial charge in [0.15, 0.2) is 0 Å². The number of hydrogen-bond donors (Lipinski definition) is 1. The fourth-order valence-corrected chi connectivity index (χ4v) is 3.07. The average molecular weight is 276 g/mol. The summed E-state index contributed by atoms with van der Waals surface area (Å²) in [5, 5.41) is 3.28. The lowest BCUT2D eigenvalue weighted by atomic mass is 10.2. The van der Waals surface area contributed by atoms with Crippen molar-refractivity contribution < 1.29 is 0 Å². The highest BCUT2D eigenvalue weighted by atomic mass is 15.2. The van der Waals surface area contributed by atoms with Gasteiger partial charge in [0.25, 0.3) is 0 Å². The molecular weight excluding hydrogens is 248 g/mol. The van der Waals surface area contributed by atoms with Crippen molar-refractivity contribution in [3.63, 3.8) is 0 Å². The van der Waals surface area contributed by atoms with Gasteiger partial charge < -0.3 is 5.32 Å². The molecule has 1 aromatic rings. The zero-order chi connectivity index (χ0) is 14.4. The molecule has 1 aliphatic rings. The molecule has 1 unspecified atom stereocenters. The molecule has 1 saturated heterocycles. The van der Waals surface area contributed by atoms with Crippen LogP contribution in [-0.4, -0.2) is 53.5 Å². The number of anilines is 1. The fourth-order valence-electron chi connectivity index (χ4n) is 3.07. The zero-order valence-electron chi connectivity index (χ0n) is 13.1. The number of hydrogen-bond acceptors (Lipinski definition) is 4. The smallest absolute Gasteiger partial charge is 0.126 e. The lowest BCUT2D eigenvalue weighted by Crippen LogP contribution is -2.37. The van der Waals surface area contributed by atoms with Crippen molar-refractivity contribution in [1.82, 2.24) is 14.8 Å². The predicted octanol–water partition coefficient (Wildman–Crippen LogP) is 2.43. The van der Waals surface area contributed by atoms with E-state index in [9.17, 15) is 0 Å². The second-order valence-electron chi connectivity index (χ2n) is 5.44. The molecule has 0 bridgehead atoms. The number of likely N-dealkylation sites (tertiary alicyclic amines) is 1. The number of nitrogens with zero attached hydrogens (tertiary/aromatic N) is 3. The monoisotopic (exact) mass is 276 g/mol. The molecule has 0 aromatic carbocycles. The van der Waals surface area contributed by atoms with E-state index in [2.05, 4.69) is 53.0 Å². The van der Waals surface area contributed by atoms with Gasteiger partial charge in [-0.05, 0) is 38.6 Å². The topological polar surface area (TPSA) is 31.4 Å². The second kappa shape index (κ2) is 7.60. The molecule has 1 atom stereocenters. The third kappa shape index (κ3) is 3.93. The van der Waals surface area contributed by atoms with Crippen LogP contribution < -0.4 is 5.32 Å². The molecule has 0 saturated carbocycles. The van der Waals surface area contributed by atoms with E-state index >= 15 is 0 Å². The SMILES string of the molecule is CCNc1cccc(CN2CCC(N(CC)CC)C2)n1. The van der Waals surface area contributed by atoms with Gasteiger partial charge in [-0.2, -0.15) is 0 Å². The maximum absolute atomic E-state index is 4.67. The number of rotatable bonds is 7. The van der Waals surface area contributed by atoms with Crippen molar-refractivity contribution in [2.24, 2.45) is 0 Å². The number of likely N-dealkylation sites (N-methyl/N-ethyl adjacent to an activating group) is 1. The summed E-state index contributed by atoms with van der Waals surface area (Å²) < 4.78 is 0. The van der Waals surface area contributed by atoms with Crippen LogP contribution in [0.2, 0.25) is 0 Å². The van der Waals surface area contributed by atoms with Gasteiger partial charge in [-0.3, -0.25) is 9.80 Å². The van der Waals surface area contributed by atoms with E-state index in [-0.39, 0.29) is 0 Å². The molecule has 2 rings (SSSR count). The molecule has 1 aliphatic heterocycles. The summed E-state index contributed by atoms with van der Waals surface area (Å²) in [7, 11) is 0. The van der Waals surface area contributed by atoms with Gasteiger partial charge in [0.05, 0.1) is 5.69 Å². The van der Waals surface area contributed by atoms with Crippen LogP contribution in [0, 0.1) is 0 Å². The van der Waals surface area contributed by atoms with E-state index < -0.39 is 0 Å². The van der Waals surface area contributed by atoms with Crippen LogP contribution in [-0.2, 0) is 6.54 Å². The Morgan fingerprint density at radius 3 is 2.80 bits per heavy atom. The minimum absolute atomic E-state index is 0.724. The third-order valence-electron chi connectivity index (χ3n) is 4.13. The summed E-state index contributed by atoms with van der Waals surface area (Å²) >= 11 is 0. The molecule has 112 valence electrons. The predicted molar refractivity (Wildman–Crippen MR) is 85.0 cm³/mol. The quantitative estimate of drug-likeness (QED) is 0.829. The number of pyridine rings is 1. The van der Waals surface area contributed by atoms with Crippen LogP contribution in [0.5, 0.6) is 0 Å². The molecule has 1 aromatic heterocycles. The van der Waals surface area contributed by atoms with Crippen LogP contribution in [0.15, 0.2) is 18.2 Å². The summed E-state index contributed by atoms with van der Waals surface area (Å²) in [4.78, 5) is 9.77. The van der Waals surface area contributed by atoms with E-state index in [1.807, 2.05) is 6.07 Å².